The minimum absolute atomic E-state index is 0.103. The third-order valence-electron chi connectivity index (χ3n) is 2.35. The first kappa shape index (κ1) is 13.1. The van der Waals surface area contributed by atoms with Gasteiger partial charge in [-0.1, -0.05) is 23.2 Å². The summed E-state index contributed by atoms with van der Waals surface area (Å²) in [5.41, 5.74) is 6.52. The predicted octanol–water partition coefficient (Wildman–Crippen LogP) is 4.20. The van der Waals surface area contributed by atoms with Crippen LogP contribution in [0.2, 0.25) is 10.0 Å². The fourth-order valence-corrected chi connectivity index (χ4v) is 1.72. The van der Waals surface area contributed by atoms with Gasteiger partial charge in [0.25, 0.3) is 0 Å². The monoisotopic (exact) mass is 282 g/mol. The lowest BCUT2D eigenvalue weighted by Crippen LogP contribution is -2.06. The smallest absolute Gasteiger partial charge is 0.147 e. The standard InChI is InChI=1S/C13H12Cl2N2O/c1-8(16)12-5-3-10(7-17-12)18-13-6-9(14)2-4-11(13)15/h2-8H,16H2,1H3/t8-/m1/s1. The lowest BCUT2D eigenvalue weighted by atomic mass is 10.2. The second-order valence-electron chi connectivity index (χ2n) is 3.88. The van der Waals surface area contributed by atoms with Crippen LogP contribution in [-0.2, 0) is 0 Å². The minimum atomic E-state index is -0.103. The van der Waals surface area contributed by atoms with Crippen molar-refractivity contribution in [3.05, 3.63) is 52.3 Å². The minimum Gasteiger partial charge on any atom is -0.454 e. The molecule has 3 nitrogen and oxygen atoms in total. The number of benzene rings is 1. The van der Waals surface area contributed by atoms with E-state index in [0.29, 0.717) is 21.5 Å². The van der Waals surface area contributed by atoms with Crippen LogP contribution in [-0.4, -0.2) is 4.98 Å². The van der Waals surface area contributed by atoms with E-state index in [1.807, 2.05) is 13.0 Å². The second kappa shape index (κ2) is 5.57. The maximum Gasteiger partial charge on any atom is 0.147 e. The van der Waals surface area contributed by atoms with Crippen molar-refractivity contribution in [2.45, 2.75) is 13.0 Å². The molecule has 2 N–H and O–H groups in total. The number of hydrogen-bond acceptors (Lipinski definition) is 3. The van der Waals surface area contributed by atoms with Gasteiger partial charge in [0.05, 0.1) is 16.9 Å². The Labute approximate surface area is 115 Å². The number of nitrogens with zero attached hydrogens (tertiary/aromatic N) is 1. The van der Waals surface area contributed by atoms with Crippen molar-refractivity contribution in [3.8, 4) is 11.5 Å². The molecular weight excluding hydrogens is 271 g/mol. The van der Waals surface area contributed by atoms with Crippen molar-refractivity contribution in [1.29, 1.82) is 0 Å². The van der Waals surface area contributed by atoms with Gasteiger partial charge in [-0.05, 0) is 31.2 Å². The van der Waals surface area contributed by atoms with Crippen molar-refractivity contribution >= 4 is 23.2 Å². The maximum absolute atomic E-state index is 6.00. The number of nitrogens with two attached hydrogens (primary N) is 1. The molecule has 1 atom stereocenters. The Morgan fingerprint density at radius 2 is 2.00 bits per heavy atom. The normalized spacial score (nSPS) is 12.2. The molecule has 2 aromatic rings. The van der Waals surface area contributed by atoms with Gasteiger partial charge < -0.3 is 10.5 Å². The van der Waals surface area contributed by atoms with Gasteiger partial charge in [-0.3, -0.25) is 4.98 Å². The van der Waals surface area contributed by atoms with Crippen LogP contribution in [0.5, 0.6) is 11.5 Å². The van der Waals surface area contributed by atoms with Gasteiger partial charge in [0.1, 0.15) is 11.5 Å². The van der Waals surface area contributed by atoms with E-state index in [2.05, 4.69) is 4.98 Å². The molecule has 0 aliphatic rings. The molecule has 0 fully saturated rings. The van der Waals surface area contributed by atoms with Gasteiger partial charge in [-0.2, -0.15) is 0 Å². The van der Waals surface area contributed by atoms with Gasteiger partial charge in [0.15, 0.2) is 0 Å². The number of ether oxygens (including phenoxy) is 1. The third kappa shape index (κ3) is 3.13. The average Bonchev–Trinajstić information content (AvgIpc) is 2.34. The zero-order valence-electron chi connectivity index (χ0n) is 9.73. The molecule has 0 bridgehead atoms. The Bertz CT molecular complexity index is 541. The molecule has 0 amide bonds. The van der Waals surface area contributed by atoms with Crippen molar-refractivity contribution in [3.63, 3.8) is 0 Å². The number of pyridine rings is 1. The summed E-state index contributed by atoms with van der Waals surface area (Å²) in [6, 6.07) is 8.55. The van der Waals surface area contributed by atoms with Crippen LogP contribution in [0.15, 0.2) is 36.5 Å². The van der Waals surface area contributed by atoms with Crippen LogP contribution < -0.4 is 10.5 Å². The molecule has 18 heavy (non-hydrogen) atoms. The van der Waals surface area contributed by atoms with E-state index in [0.717, 1.165) is 5.69 Å². The Morgan fingerprint density at radius 3 is 2.61 bits per heavy atom. The van der Waals surface area contributed by atoms with E-state index in [4.69, 9.17) is 33.7 Å². The Hall–Kier alpha value is -1.29. The summed E-state index contributed by atoms with van der Waals surface area (Å²) < 4.78 is 5.60. The molecule has 0 radical (unpaired) electrons. The summed E-state index contributed by atoms with van der Waals surface area (Å²) in [5.74, 6) is 1.09. The molecule has 0 aliphatic carbocycles. The number of halogens is 2. The number of aromatic nitrogens is 1. The van der Waals surface area contributed by atoms with E-state index in [1.165, 1.54) is 0 Å². The molecule has 0 saturated heterocycles. The summed E-state index contributed by atoms with van der Waals surface area (Å²) in [5, 5.41) is 1.06. The highest BCUT2D eigenvalue weighted by atomic mass is 35.5. The Balaban J connectivity index is 2.21. The van der Waals surface area contributed by atoms with E-state index in [-0.39, 0.29) is 6.04 Å². The fourth-order valence-electron chi connectivity index (χ4n) is 1.40. The van der Waals surface area contributed by atoms with Gasteiger partial charge >= 0.3 is 0 Å². The van der Waals surface area contributed by atoms with Gasteiger partial charge in [0, 0.05) is 17.1 Å². The fraction of sp³-hybridized carbons (Fsp3) is 0.154. The van der Waals surface area contributed by atoms with E-state index in [1.54, 1.807) is 30.5 Å². The molecule has 94 valence electrons. The number of hydrogen-bond donors (Lipinski definition) is 1. The molecule has 0 saturated carbocycles. The molecule has 1 aromatic carbocycles. The van der Waals surface area contributed by atoms with Crippen LogP contribution in [0.1, 0.15) is 18.7 Å². The molecule has 1 aromatic heterocycles. The van der Waals surface area contributed by atoms with E-state index < -0.39 is 0 Å². The summed E-state index contributed by atoms with van der Waals surface area (Å²) in [7, 11) is 0. The van der Waals surface area contributed by atoms with Gasteiger partial charge in [0.2, 0.25) is 0 Å². The lowest BCUT2D eigenvalue weighted by Gasteiger charge is -2.09. The van der Waals surface area contributed by atoms with Gasteiger partial charge in [-0.25, -0.2) is 0 Å². The van der Waals surface area contributed by atoms with Crippen molar-refractivity contribution in [1.82, 2.24) is 4.98 Å². The van der Waals surface area contributed by atoms with Crippen molar-refractivity contribution in [2.75, 3.05) is 0 Å². The van der Waals surface area contributed by atoms with Crippen LogP contribution in [0, 0.1) is 0 Å². The predicted molar refractivity (Wildman–Crippen MR) is 73.4 cm³/mol. The van der Waals surface area contributed by atoms with Crippen LogP contribution in [0.3, 0.4) is 0 Å². The van der Waals surface area contributed by atoms with Gasteiger partial charge in [-0.15, -0.1) is 0 Å². The summed E-state index contributed by atoms with van der Waals surface area (Å²) in [4.78, 5) is 4.20. The first-order valence-corrected chi connectivity index (χ1v) is 6.16. The summed E-state index contributed by atoms with van der Waals surface area (Å²) in [6.07, 6.45) is 1.61. The largest absolute Gasteiger partial charge is 0.454 e. The first-order valence-electron chi connectivity index (χ1n) is 5.40. The highest BCUT2D eigenvalue weighted by molar-refractivity contribution is 6.34. The van der Waals surface area contributed by atoms with Crippen molar-refractivity contribution in [2.24, 2.45) is 5.73 Å². The zero-order valence-corrected chi connectivity index (χ0v) is 11.2. The topological polar surface area (TPSA) is 48.1 Å². The summed E-state index contributed by atoms with van der Waals surface area (Å²) in [6.45, 7) is 1.87. The quantitative estimate of drug-likeness (QED) is 0.918. The lowest BCUT2D eigenvalue weighted by molar-refractivity contribution is 0.479. The van der Waals surface area contributed by atoms with Crippen molar-refractivity contribution < 1.29 is 4.74 Å². The molecule has 5 heteroatoms. The van der Waals surface area contributed by atoms with Crippen LogP contribution in [0.25, 0.3) is 0 Å². The third-order valence-corrected chi connectivity index (χ3v) is 2.89. The Kier molecular flexibility index (Phi) is 4.07. The van der Waals surface area contributed by atoms with Crippen LogP contribution in [0.4, 0.5) is 0 Å². The van der Waals surface area contributed by atoms with E-state index >= 15 is 0 Å². The first-order chi connectivity index (χ1) is 8.56. The molecular formula is C13H12Cl2N2O. The summed E-state index contributed by atoms with van der Waals surface area (Å²) >= 11 is 11.9. The maximum atomic E-state index is 6.00. The molecule has 0 unspecified atom stereocenters. The molecule has 2 rings (SSSR count). The SMILES string of the molecule is C[C@@H](N)c1ccc(Oc2cc(Cl)ccc2Cl)cn1. The molecule has 0 aliphatic heterocycles. The van der Waals surface area contributed by atoms with Crippen LogP contribution >= 0.6 is 23.2 Å². The Morgan fingerprint density at radius 1 is 1.22 bits per heavy atom. The average molecular weight is 283 g/mol. The highest BCUT2D eigenvalue weighted by Crippen LogP contribution is 2.31. The molecule has 0 spiro atoms. The van der Waals surface area contributed by atoms with E-state index in [9.17, 15) is 0 Å². The molecule has 1 heterocycles. The highest BCUT2D eigenvalue weighted by Gasteiger charge is 2.06. The zero-order chi connectivity index (χ0) is 13.1. The second-order valence-corrected chi connectivity index (χ2v) is 4.73. The number of rotatable bonds is 3.